The standard InChI is InChI=1S/C12H13N3O/c1-9(16)15-6-2-3-10-4-5-11(8-13)12(14)7-10/h2-5,7H,6,14H2,1H3,(H,15,16). The summed E-state index contributed by atoms with van der Waals surface area (Å²) in [4.78, 5) is 10.6. The number of hydrogen-bond donors (Lipinski definition) is 2. The van der Waals surface area contributed by atoms with Crippen LogP contribution in [0.25, 0.3) is 6.08 Å². The molecule has 16 heavy (non-hydrogen) atoms. The molecule has 1 rings (SSSR count). The fraction of sp³-hybridized carbons (Fsp3) is 0.167. The van der Waals surface area contributed by atoms with Gasteiger partial charge in [-0.2, -0.15) is 5.26 Å². The third-order valence-electron chi connectivity index (χ3n) is 1.98. The van der Waals surface area contributed by atoms with Crippen LogP contribution in [0.5, 0.6) is 0 Å². The topological polar surface area (TPSA) is 78.9 Å². The van der Waals surface area contributed by atoms with Crippen molar-refractivity contribution in [3.8, 4) is 6.07 Å². The summed E-state index contributed by atoms with van der Waals surface area (Å²) in [6.07, 6.45) is 3.66. The molecule has 0 spiro atoms. The first-order valence-electron chi connectivity index (χ1n) is 4.84. The maximum atomic E-state index is 10.6. The fourth-order valence-corrected chi connectivity index (χ4v) is 1.18. The summed E-state index contributed by atoms with van der Waals surface area (Å²) in [6.45, 7) is 1.95. The van der Waals surface area contributed by atoms with Crippen LogP contribution in [-0.2, 0) is 4.79 Å². The normalized spacial score (nSPS) is 10.0. The zero-order valence-corrected chi connectivity index (χ0v) is 9.03. The van der Waals surface area contributed by atoms with Gasteiger partial charge in [0.2, 0.25) is 5.91 Å². The van der Waals surface area contributed by atoms with Gasteiger partial charge >= 0.3 is 0 Å². The van der Waals surface area contributed by atoms with E-state index in [1.54, 1.807) is 18.2 Å². The number of nitrogens with two attached hydrogens (primary N) is 1. The van der Waals surface area contributed by atoms with Crippen LogP contribution in [0.2, 0.25) is 0 Å². The van der Waals surface area contributed by atoms with Gasteiger partial charge in [0, 0.05) is 13.5 Å². The molecule has 0 aliphatic rings. The predicted octanol–water partition coefficient (Wildman–Crippen LogP) is 1.29. The molecule has 0 fully saturated rings. The van der Waals surface area contributed by atoms with E-state index in [-0.39, 0.29) is 5.91 Å². The second-order valence-corrected chi connectivity index (χ2v) is 3.30. The zero-order valence-electron chi connectivity index (χ0n) is 9.03. The Morgan fingerprint density at radius 3 is 2.94 bits per heavy atom. The SMILES string of the molecule is CC(=O)NCC=Cc1ccc(C#N)c(N)c1. The van der Waals surface area contributed by atoms with Crippen molar-refractivity contribution in [2.45, 2.75) is 6.92 Å². The van der Waals surface area contributed by atoms with Gasteiger partial charge in [0.15, 0.2) is 0 Å². The Bertz CT molecular complexity index is 458. The van der Waals surface area contributed by atoms with Gasteiger partial charge in [-0.25, -0.2) is 0 Å². The molecule has 0 radical (unpaired) electrons. The highest BCUT2D eigenvalue weighted by Gasteiger charge is 1.97. The molecule has 1 aromatic carbocycles. The Kier molecular flexibility index (Phi) is 4.10. The van der Waals surface area contributed by atoms with Crippen LogP contribution < -0.4 is 11.1 Å². The molecule has 0 bridgehead atoms. The molecule has 3 N–H and O–H groups in total. The quantitative estimate of drug-likeness (QED) is 0.746. The number of amides is 1. The van der Waals surface area contributed by atoms with E-state index >= 15 is 0 Å². The minimum Gasteiger partial charge on any atom is -0.398 e. The highest BCUT2D eigenvalue weighted by Crippen LogP contribution is 2.13. The maximum Gasteiger partial charge on any atom is 0.217 e. The molecule has 0 aromatic heterocycles. The number of carbonyl (C=O) groups excluding carboxylic acids is 1. The summed E-state index contributed by atoms with van der Waals surface area (Å²) in [6, 6.07) is 7.20. The van der Waals surface area contributed by atoms with Crippen molar-refractivity contribution in [2.24, 2.45) is 0 Å². The van der Waals surface area contributed by atoms with Crippen LogP contribution in [-0.4, -0.2) is 12.5 Å². The number of benzene rings is 1. The Morgan fingerprint density at radius 1 is 1.62 bits per heavy atom. The Hall–Kier alpha value is -2.28. The first-order chi connectivity index (χ1) is 7.63. The molecule has 4 nitrogen and oxygen atoms in total. The molecule has 82 valence electrons. The van der Waals surface area contributed by atoms with Crippen molar-refractivity contribution in [3.63, 3.8) is 0 Å². The van der Waals surface area contributed by atoms with Crippen molar-refractivity contribution in [1.29, 1.82) is 5.26 Å². The highest BCUT2D eigenvalue weighted by molar-refractivity contribution is 5.73. The van der Waals surface area contributed by atoms with Gasteiger partial charge in [0.05, 0.1) is 11.3 Å². The van der Waals surface area contributed by atoms with Crippen molar-refractivity contribution >= 4 is 17.7 Å². The van der Waals surface area contributed by atoms with Crippen LogP contribution in [0.1, 0.15) is 18.1 Å². The molecule has 4 heteroatoms. The van der Waals surface area contributed by atoms with Crippen molar-refractivity contribution in [1.82, 2.24) is 5.32 Å². The monoisotopic (exact) mass is 215 g/mol. The van der Waals surface area contributed by atoms with Gasteiger partial charge < -0.3 is 11.1 Å². The van der Waals surface area contributed by atoms with Gasteiger partial charge in [-0.15, -0.1) is 0 Å². The number of nitrogens with one attached hydrogen (secondary N) is 1. The van der Waals surface area contributed by atoms with Gasteiger partial charge in [0.25, 0.3) is 0 Å². The summed E-state index contributed by atoms with van der Waals surface area (Å²) >= 11 is 0. The lowest BCUT2D eigenvalue weighted by molar-refractivity contribution is -0.118. The minimum atomic E-state index is -0.0657. The van der Waals surface area contributed by atoms with Crippen LogP contribution in [0.4, 0.5) is 5.69 Å². The molecule has 0 unspecified atom stereocenters. The second-order valence-electron chi connectivity index (χ2n) is 3.30. The number of hydrogen-bond acceptors (Lipinski definition) is 3. The lowest BCUT2D eigenvalue weighted by atomic mass is 10.1. The summed E-state index contributed by atoms with van der Waals surface area (Å²) < 4.78 is 0. The van der Waals surface area contributed by atoms with Gasteiger partial charge in [-0.1, -0.05) is 18.2 Å². The smallest absolute Gasteiger partial charge is 0.217 e. The Labute approximate surface area is 94.4 Å². The zero-order chi connectivity index (χ0) is 12.0. The van der Waals surface area contributed by atoms with Gasteiger partial charge in [-0.3, -0.25) is 4.79 Å². The molecular formula is C12H13N3O. The average Bonchev–Trinajstić information content (AvgIpc) is 2.24. The molecule has 0 aliphatic heterocycles. The van der Waals surface area contributed by atoms with E-state index in [1.807, 2.05) is 18.2 Å². The molecule has 0 saturated heterocycles. The Balaban J connectivity index is 2.65. The summed E-state index contributed by atoms with van der Waals surface area (Å²) in [5.41, 5.74) is 7.50. The third kappa shape index (κ3) is 3.46. The van der Waals surface area contributed by atoms with Crippen LogP contribution >= 0.6 is 0 Å². The van der Waals surface area contributed by atoms with E-state index in [1.165, 1.54) is 6.92 Å². The third-order valence-corrected chi connectivity index (χ3v) is 1.98. The van der Waals surface area contributed by atoms with Crippen molar-refractivity contribution in [2.75, 3.05) is 12.3 Å². The fourth-order valence-electron chi connectivity index (χ4n) is 1.18. The van der Waals surface area contributed by atoms with E-state index in [9.17, 15) is 4.79 Å². The van der Waals surface area contributed by atoms with E-state index in [2.05, 4.69) is 5.32 Å². The molecular weight excluding hydrogens is 202 g/mol. The number of anilines is 1. The molecule has 1 aromatic rings. The number of nitrogen functional groups attached to an aromatic ring is 1. The van der Waals surface area contributed by atoms with Gasteiger partial charge in [0.1, 0.15) is 6.07 Å². The molecule has 1 amide bonds. The van der Waals surface area contributed by atoms with Crippen molar-refractivity contribution < 1.29 is 4.79 Å². The minimum absolute atomic E-state index is 0.0657. The van der Waals surface area contributed by atoms with Crippen molar-refractivity contribution in [3.05, 3.63) is 35.4 Å². The second kappa shape index (κ2) is 5.56. The number of rotatable bonds is 3. The highest BCUT2D eigenvalue weighted by atomic mass is 16.1. The summed E-state index contributed by atoms with van der Waals surface area (Å²) in [5.74, 6) is -0.0657. The van der Waals surface area contributed by atoms with Crippen LogP contribution in [0.3, 0.4) is 0 Å². The largest absolute Gasteiger partial charge is 0.398 e. The maximum absolute atomic E-state index is 10.6. The van der Waals surface area contributed by atoms with E-state index in [0.717, 1.165) is 5.56 Å². The van der Waals surface area contributed by atoms with E-state index < -0.39 is 0 Å². The number of carbonyl (C=O) groups is 1. The summed E-state index contributed by atoms with van der Waals surface area (Å²) in [7, 11) is 0. The van der Waals surface area contributed by atoms with E-state index in [0.29, 0.717) is 17.8 Å². The first kappa shape index (κ1) is 11.8. The number of nitrogens with zero attached hydrogens (tertiary/aromatic N) is 1. The number of nitriles is 1. The molecule has 0 heterocycles. The lowest BCUT2D eigenvalue weighted by Gasteiger charge is -1.99. The molecule has 0 saturated carbocycles. The molecule has 0 aliphatic carbocycles. The van der Waals surface area contributed by atoms with Crippen LogP contribution in [0, 0.1) is 11.3 Å². The lowest BCUT2D eigenvalue weighted by Crippen LogP contribution is -2.19. The summed E-state index contributed by atoms with van der Waals surface area (Å²) in [5, 5.41) is 11.3. The Morgan fingerprint density at radius 2 is 2.38 bits per heavy atom. The average molecular weight is 215 g/mol. The predicted molar refractivity (Wildman–Crippen MR) is 63.3 cm³/mol. The van der Waals surface area contributed by atoms with E-state index in [4.69, 9.17) is 11.0 Å². The van der Waals surface area contributed by atoms with Gasteiger partial charge in [-0.05, 0) is 17.7 Å². The van der Waals surface area contributed by atoms with Crippen LogP contribution in [0.15, 0.2) is 24.3 Å². The molecule has 0 atom stereocenters. The first-order valence-corrected chi connectivity index (χ1v) is 4.84.